The molecule has 0 amide bonds. The highest BCUT2D eigenvalue weighted by atomic mass is 28.4. The number of esters is 1. The third kappa shape index (κ3) is 23.9. The zero-order chi connectivity index (χ0) is 102. The number of carboxylic acids is 1. The molecular formula is C108H204O20Si9. The number of hydrogen-bond donors (Lipinski definition) is 1. The number of benzene rings is 1. The van der Waals surface area contributed by atoms with Crippen LogP contribution < -0.4 is 0 Å². The van der Waals surface area contributed by atoms with Crippen LogP contribution in [0.2, 0.25) is 163 Å². The molecule has 792 valence electrons. The number of rotatable bonds is 57. The molecule has 7 fully saturated rings. The molecule has 0 spiro atoms. The normalized spacial score (nSPS) is 33.7. The van der Waals surface area contributed by atoms with Crippen LogP contribution in [0.25, 0.3) is 0 Å². The van der Waals surface area contributed by atoms with Crippen LogP contribution in [0.15, 0.2) is 42.0 Å². The summed E-state index contributed by atoms with van der Waals surface area (Å²) in [5.74, 6) is -1.66. The first-order valence-corrected chi connectivity index (χ1v) is 79.4. The molecule has 8 aliphatic rings. The Morgan fingerprint density at radius 1 is 0.409 bits per heavy atom. The van der Waals surface area contributed by atoms with Crippen molar-refractivity contribution in [3.63, 3.8) is 0 Å². The minimum Gasteiger partial charge on any atom is -0.481 e. The van der Waals surface area contributed by atoms with Gasteiger partial charge in [-0.15, -0.1) is 0 Å². The summed E-state index contributed by atoms with van der Waals surface area (Å²) in [5, 5.41) is 12.1. The topological polar surface area (TPSA) is 219 Å². The van der Waals surface area contributed by atoms with Gasteiger partial charge in [-0.05, 0) is 266 Å². The van der Waals surface area contributed by atoms with Crippen molar-refractivity contribution >= 4 is 93.1 Å². The van der Waals surface area contributed by atoms with E-state index in [0.29, 0.717) is 50.2 Å². The smallest absolute Gasteiger partial charge is 0.338 e. The molecule has 3 heterocycles. The summed E-state index contributed by atoms with van der Waals surface area (Å²) in [6.07, 6.45) is -5.66. The summed E-state index contributed by atoms with van der Waals surface area (Å²) in [4.78, 5) is 47.6. The molecule has 20 nitrogen and oxygen atoms in total. The van der Waals surface area contributed by atoms with Crippen molar-refractivity contribution in [1.29, 1.82) is 0 Å². The fraction of sp³-hybridized carbons (Fsp3) is 0.898. The summed E-state index contributed by atoms with van der Waals surface area (Å²) in [6, 6.07) is 33.2. The third-order valence-electron chi connectivity index (χ3n) is 40.8. The standard InChI is InChI=1S/C108H204O20Si9/c1-34-129(35-2,36-3)115-78-83-89(123-132(43-10,44-11)45-12)92(125-134(49-16,50-17)51-18)97(128-137(58-25,59-26)60-27)101(116-83)120-95-91(118-99-96(127-136(55-22,56-23)57-24)90(124-133(46-13,47-14)48-15)84(77-114-99)121-130(37-4,38-5)39-6)93(126-135(52-19,53-20)54-21)94(98(110)113-76-80-64-62-61-63-65-80)119-100(95)117-87-69-70-104(30)85(105(87,31)79-109)68-71-106(32)86(104)67-66-81-82-74-103(28,29)72-73-108(82,102(111)112)88(75-107(81,106)33)122-131(40-7,41-8)42-9/h61-66,79,82-97,99-101H,34-60,67-78H2,1-33H3,(H,111,112)/t82?,83-,84-,85?,86?,87+,88-,89+,90+,91+,92+,93+,94+,95-,96-,97-,99+,100-,101-,104+,105+,106-,107-,108-/m1/s1. The number of fused-ring (bicyclic) bond motifs is 7. The van der Waals surface area contributed by atoms with Crippen LogP contribution in [0.3, 0.4) is 0 Å². The number of allylic oxidation sites excluding steroid dienone is 2. The second-order valence-electron chi connectivity index (χ2n) is 45.6. The first kappa shape index (κ1) is 119. The van der Waals surface area contributed by atoms with Gasteiger partial charge in [-0.2, -0.15) is 0 Å². The van der Waals surface area contributed by atoms with E-state index in [0.717, 1.165) is 176 Å². The molecule has 3 aliphatic heterocycles. The Balaban J connectivity index is 1.39. The molecular weight excluding hydrogens is 1870 g/mol. The molecule has 0 bridgehead atoms. The van der Waals surface area contributed by atoms with Gasteiger partial charge in [0.15, 0.2) is 99.8 Å². The lowest BCUT2D eigenvalue weighted by Crippen LogP contribution is -2.72. The molecule has 137 heavy (non-hydrogen) atoms. The van der Waals surface area contributed by atoms with Gasteiger partial charge in [0, 0.05) is 0 Å². The van der Waals surface area contributed by atoms with Gasteiger partial charge >= 0.3 is 11.9 Å². The van der Waals surface area contributed by atoms with E-state index in [4.69, 9.17) is 73.0 Å². The zero-order valence-corrected chi connectivity index (χ0v) is 102. The van der Waals surface area contributed by atoms with Gasteiger partial charge in [0.25, 0.3) is 0 Å². The summed E-state index contributed by atoms with van der Waals surface area (Å²) < 4.78 is 130. The molecule has 0 aromatic heterocycles. The van der Waals surface area contributed by atoms with Crippen molar-refractivity contribution in [1.82, 2.24) is 0 Å². The molecule has 0 radical (unpaired) electrons. The summed E-state index contributed by atoms with van der Waals surface area (Å²) in [6.45, 7) is 76.6. The highest BCUT2D eigenvalue weighted by Gasteiger charge is 2.74. The fourth-order valence-corrected chi connectivity index (χ4v) is 53.6. The van der Waals surface area contributed by atoms with Crippen LogP contribution in [0, 0.1) is 50.2 Å². The van der Waals surface area contributed by atoms with Crippen molar-refractivity contribution in [2.24, 2.45) is 50.2 Å². The van der Waals surface area contributed by atoms with Crippen molar-refractivity contribution < 1.29 is 92.5 Å². The Morgan fingerprint density at radius 2 is 0.825 bits per heavy atom. The van der Waals surface area contributed by atoms with E-state index in [-0.39, 0.29) is 48.4 Å². The number of hydrogen-bond acceptors (Lipinski definition) is 19. The number of carboxylic acid groups (broad SMARTS) is 1. The van der Waals surface area contributed by atoms with Crippen LogP contribution in [0.5, 0.6) is 0 Å². The van der Waals surface area contributed by atoms with Gasteiger partial charge < -0.3 is 82.9 Å². The molecule has 5 aliphatic carbocycles. The summed E-state index contributed by atoms with van der Waals surface area (Å²) in [7, 11) is -23.7. The Labute approximate surface area is 845 Å². The maximum atomic E-state index is 16.9. The van der Waals surface area contributed by atoms with Crippen molar-refractivity contribution in [3.8, 4) is 0 Å². The van der Waals surface area contributed by atoms with E-state index in [2.05, 4.69) is 235 Å². The third-order valence-corrected chi connectivity index (χ3v) is 82.6. The van der Waals surface area contributed by atoms with Gasteiger partial charge in [-0.25, -0.2) is 4.79 Å². The fourth-order valence-electron chi connectivity index (χ4n) is 28.2. The lowest BCUT2D eigenvalue weighted by Gasteiger charge is -2.72. The second kappa shape index (κ2) is 50.0. The Hall–Kier alpha value is -1.08. The molecule has 1 aromatic rings. The lowest BCUT2D eigenvalue weighted by atomic mass is 9.33. The van der Waals surface area contributed by atoms with Crippen molar-refractivity contribution in [3.05, 3.63) is 47.5 Å². The molecule has 29 heteroatoms. The second-order valence-corrected chi connectivity index (χ2v) is 88.2. The zero-order valence-electron chi connectivity index (χ0n) is 93.3. The maximum Gasteiger partial charge on any atom is 0.338 e. The summed E-state index contributed by atoms with van der Waals surface area (Å²) >= 11 is 0. The predicted octanol–water partition coefficient (Wildman–Crippen LogP) is 28.5. The quantitative estimate of drug-likeness (QED) is 0.0211. The van der Waals surface area contributed by atoms with Crippen LogP contribution in [0.1, 0.15) is 292 Å². The van der Waals surface area contributed by atoms with Gasteiger partial charge in [0.1, 0.15) is 67.8 Å². The van der Waals surface area contributed by atoms with E-state index in [1.807, 2.05) is 30.3 Å². The number of ether oxygens (including phenoxy) is 7. The predicted molar refractivity (Wildman–Crippen MR) is 580 cm³/mol. The molecule has 3 saturated heterocycles. The number of aliphatic carboxylic acids is 1. The molecule has 1 N–H and O–H groups in total. The summed E-state index contributed by atoms with van der Waals surface area (Å²) in [5.41, 5.74) is -1.35. The minimum absolute atomic E-state index is 0.0557. The van der Waals surface area contributed by atoms with Crippen LogP contribution in [0.4, 0.5) is 0 Å². The first-order valence-electron chi connectivity index (χ1n) is 56.6. The Kier molecular flexibility index (Phi) is 43.6. The monoisotopic (exact) mass is 2070 g/mol. The molecule has 1 aromatic carbocycles. The minimum atomic E-state index is -3.00. The molecule has 4 saturated carbocycles. The number of carbonyl (C=O) groups is 3. The first-order chi connectivity index (χ1) is 65.1. The van der Waals surface area contributed by atoms with Crippen LogP contribution in [-0.4, -0.2) is 210 Å². The highest BCUT2D eigenvalue weighted by Crippen LogP contribution is 2.77. The molecule has 24 atom stereocenters. The SMILES string of the molecule is CC[Si](CC)(CC)OC[C@H]1O[C@H](O[C@H]2[C@H](O[C@H]3CC[C@@]4(C)C(CC[C@]5(C)C4CC=C4C6CC(C)(C)CC[C@]6(C(=O)O)[C@H](O[Si](CC)(CC)CC)C[C@]45C)[C@]3(C)C=O)O[C@H](C(=O)OCc3ccccc3)[C@@H](O[Si](CC)(CC)CC)[C@@H]2O[C@@H]2OC[C@@H](O[Si](CC)(CC)CC)[C@H](O[Si](CC)(CC)CC)[C@H]2O[Si](CC)(CC)CC)[C@H](O[Si](CC)(CC)CC)[C@@H](O[Si](CC)(CC)CC)[C@H]1O[Si](CC)(CC)CC. The van der Waals surface area contributed by atoms with E-state index in [9.17, 15) is 9.90 Å². The van der Waals surface area contributed by atoms with Gasteiger partial charge in [-0.3, -0.25) is 4.79 Å². The average molecular weight is 2080 g/mol. The van der Waals surface area contributed by atoms with Gasteiger partial charge in [0.2, 0.25) is 0 Å². The lowest BCUT2D eigenvalue weighted by molar-refractivity contribution is -0.387. The average Bonchev–Trinajstić information content (AvgIpc) is 0.666. The molecule has 3 unspecified atom stereocenters. The maximum absolute atomic E-state index is 16.9. The largest absolute Gasteiger partial charge is 0.481 e. The van der Waals surface area contributed by atoms with Gasteiger partial charge in [0.05, 0.1) is 42.4 Å². The highest BCUT2D eigenvalue weighted by molar-refractivity contribution is 6.77. The van der Waals surface area contributed by atoms with E-state index < -0.39 is 207 Å². The van der Waals surface area contributed by atoms with Crippen molar-refractivity contribution in [2.75, 3.05) is 13.2 Å². The number of aldehydes is 1. The molecule has 9 rings (SSSR count). The number of carbonyl (C=O) groups excluding carboxylic acids is 2. The van der Waals surface area contributed by atoms with Crippen LogP contribution >= 0.6 is 0 Å². The van der Waals surface area contributed by atoms with Crippen molar-refractivity contribution in [2.45, 2.75) is 554 Å². The van der Waals surface area contributed by atoms with Gasteiger partial charge in [-0.1, -0.05) is 270 Å². The van der Waals surface area contributed by atoms with Crippen LogP contribution in [-0.2, 0) is 94.0 Å². The van der Waals surface area contributed by atoms with E-state index in [1.54, 1.807) is 0 Å². The van der Waals surface area contributed by atoms with E-state index >= 15 is 9.59 Å². The Morgan fingerprint density at radius 3 is 1.28 bits per heavy atom. The van der Waals surface area contributed by atoms with E-state index in [1.165, 1.54) is 11.9 Å². The Bertz CT molecular complexity index is 3820.